The van der Waals surface area contributed by atoms with E-state index in [-0.39, 0.29) is 10.8 Å². The van der Waals surface area contributed by atoms with Gasteiger partial charge in [0, 0.05) is 11.4 Å². The molecule has 5 nitrogen and oxygen atoms in total. The van der Waals surface area contributed by atoms with Crippen LogP contribution in [0.5, 0.6) is 0 Å². The molecule has 7 heteroatoms. The number of benzene rings is 2. The Hall–Kier alpha value is -1.83. The minimum Gasteiger partial charge on any atom is -0.355 e. The van der Waals surface area contributed by atoms with Crippen LogP contribution in [0.3, 0.4) is 0 Å². The highest BCUT2D eigenvalue weighted by Crippen LogP contribution is 2.22. The minimum absolute atomic E-state index is 0.0221. The zero-order chi connectivity index (χ0) is 18.4. The standard InChI is InChI=1S/C18H22N2O3S2/c1-13-3-8-17(14(2)11-13)24-12-18(21)20-10-9-15-4-6-16(7-5-15)25(19,22)23/h3-8,11H,9-10,12H2,1-2H3,(H,20,21)(H2,19,22,23). The molecular weight excluding hydrogens is 356 g/mol. The van der Waals surface area contributed by atoms with Gasteiger partial charge in [-0.3, -0.25) is 4.79 Å². The molecule has 2 aromatic carbocycles. The molecule has 0 aliphatic carbocycles. The molecule has 2 aromatic rings. The van der Waals surface area contributed by atoms with E-state index in [0.717, 1.165) is 10.5 Å². The predicted octanol–water partition coefficient (Wildman–Crippen LogP) is 2.40. The molecule has 0 spiro atoms. The lowest BCUT2D eigenvalue weighted by Crippen LogP contribution is -2.27. The molecule has 0 heterocycles. The molecule has 0 atom stereocenters. The Balaban J connectivity index is 1.77. The zero-order valence-corrected chi connectivity index (χ0v) is 15.9. The highest BCUT2D eigenvalue weighted by Gasteiger charge is 2.07. The fourth-order valence-electron chi connectivity index (χ4n) is 2.35. The molecule has 0 aliphatic heterocycles. The van der Waals surface area contributed by atoms with Crippen molar-refractivity contribution in [3.05, 3.63) is 59.2 Å². The summed E-state index contributed by atoms with van der Waals surface area (Å²) in [6, 6.07) is 12.5. The lowest BCUT2D eigenvalue weighted by atomic mass is 10.1. The fourth-order valence-corrected chi connectivity index (χ4v) is 3.70. The van der Waals surface area contributed by atoms with Gasteiger partial charge in [-0.2, -0.15) is 0 Å². The number of sulfonamides is 1. The van der Waals surface area contributed by atoms with Crippen molar-refractivity contribution in [2.75, 3.05) is 12.3 Å². The first kappa shape index (κ1) is 19.5. The number of primary sulfonamides is 1. The number of nitrogens with two attached hydrogens (primary N) is 1. The van der Waals surface area contributed by atoms with Gasteiger partial charge in [0.05, 0.1) is 10.6 Å². The SMILES string of the molecule is Cc1ccc(SCC(=O)NCCc2ccc(S(N)(=O)=O)cc2)c(C)c1. The van der Waals surface area contributed by atoms with E-state index >= 15 is 0 Å². The van der Waals surface area contributed by atoms with Crippen molar-refractivity contribution in [2.45, 2.75) is 30.1 Å². The van der Waals surface area contributed by atoms with Gasteiger partial charge in [0.25, 0.3) is 0 Å². The Labute approximate surface area is 153 Å². The van der Waals surface area contributed by atoms with Crippen molar-refractivity contribution >= 4 is 27.7 Å². The maximum Gasteiger partial charge on any atom is 0.238 e. The van der Waals surface area contributed by atoms with E-state index in [1.165, 1.54) is 35.0 Å². The summed E-state index contributed by atoms with van der Waals surface area (Å²) < 4.78 is 22.4. The van der Waals surface area contributed by atoms with Crippen LogP contribution in [0.4, 0.5) is 0 Å². The van der Waals surface area contributed by atoms with Crippen molar-refractivity contribution < 1.29 is 13.2 Å². The first-order chi connectivity index (χ1) is 11.8. The molecule has 0 saturated carbocycles. The van der Waals surface area contributed by atoms with Gasteiger partial charge in [-0.15, -0.1) is 11.8 Å². The highest BCUT2D eigenvalue weighted by molar-refractivity contribution is 8.00. The number of carbonyl (C=O) groups excluding carboxylic acids is 1. The maximum absolute atomic E-state index is 11.9. The summed E-state index contributed by atoms with van der Waals surface area (Å²) in [6.45, 7) is 4.59. The maximum atomic E-state index is 11.9. The van der Waals surface area contributed by atoms with Crippen LogP contribution in [0.25, 0.3) is 0 Å². The molecule has 1 amide bonds. The third-order valence-corrected chi connectivity index (χ3v) is 5.78. The summed E-state index contributed by atoms with van der Waals surface area (Å²) in [5.41, 5.74) is 3.32. The van der Waals surface area contributed by atoms with Crippen LogP contribution in [-0.4, -0.2) is 26.6 Å². The molecule has 0 bridgehead atoms. The number of aryl methyl sites for hydroxylation is 2. The van der Waals surface area contributed by atoms with Crippen molar-refractivity contribution in [3.8, 4) is 0 Å². The molecular formula is C18H22N2O3S2. The summed E-state index contributed by atoms with van der Waals surface area (Å²) in [6.07, 6.45) is 0.630. The Morgan fingerprint density at radius 1 is 1.12 bits per heavy atom. The van der Waals surface area contributed by atoms with Crippen molar-refractivity contribution in [1.82, 2.24) is 5.32 Å². The summed E-state index contributed by atoms with van der Waals surface area (Å²) >= 11 is 1.52. The molecule has 0 aromatic heterocycles. The van der Waals surface area contributed by atoms with E-state index < -0.39 is 10.0 Å². The van der Waals surface area contributed by atoms with Crippen LogP contribution in [-0.2, 0) is 21.2 Å². The lowest BCUT2D eigenvalue weighted by Gasteiger charge is -2.08. The normalized spacial score (nSPS) is 11.3. The number of hydrogen-bond acceptors (Lipinski definition) is 4. The van der Waals surface area contributed by atoms with E-state index in [1.807, 2.05) is 26.0 Å². The number of carbonyl (C=O) groups is 1. The number of rotatable bonds is 7. The monoisotopic (exact) mass is 378 g/mol. The fraction of sp³-hybridized carbons (Fsp3) is 0.278. The van der Waals surface area contributed by atoms with Crippen LogP contribution in [0, 0.1) is 13.8 Å². The molecule has 0 fully saturated rings. The molecule has 0 aliphatic rings. The van der Waals surface area contributed by atoms with Crippen molar-refractivity contribution in [1.29, 1.82) is 0 Å². The quantitative estimate of drug-likeness (QED) is 0.724. The number of thioether (sulfide) groups is 1. The second-order valence-corrected chi connectivity index (χ2v) is 8.43. The van der Waals surface area contributed by atoms with Crippen molar-refractivity contribution in [3.63, 3.8) is 0 Å². The van der Waals surface area contributed by atoms with Crippen LogP contribution < -0.4 is 10.5 Å². The largest absolute Gasteiger partial charge is 0.355 e. The molecule has 0 saturated heterocycles. The van der Waals surface area contributed by atoms with E-state index in [9.17, 15) is 13.2 Å². The van der Waals surface area contributed by atoms with Crippen LogP contribution in [0.2, 0.25) is 0 Å². The molecule has 0 radical (unpaired) electrons. The van der Waals surface area contributed by atoms with Gasteiger partial charge in [-0.25, -0.2) is 13.6 Å². The number of nitrogens with one attached hydrogen (secondary N) is 1. The van der Waals surface area contributed by atoms with E-state index in [0.29, 0.717) is 18.7 Å². The lowest BCUT2D eigenvalue weighted by molar-refractivity contribution is -0.118. The third-order valence-electron chi connectivity index (χ3n) is 3.68. The van der Waals surface area contributed by atoms with E-state index in [1.54, 1.807) is 12.1 Å². The van der Waals surface area contributed by atoms with Crippen molar-refractivity contribution in [2.24, 2.45) is 5.14 Å². The topological polar surface area (TPSA) is 89.3 Å². The van der Waals surface area contributed by atoms with E-state index in [2.05, 4.69) is 11.4 Å². The summed E-state index contributed by atoms with van der Waals surface area (Å²) in [4.78, 5) is 13.1. The van der Waals surface area contributed by atoms with Gasteiger partial charge < -0.3 is 5.32 Å². The molecule has 134 valence electrons. The Kier molecular flexibility index (Phi) is 6.64. The summed E-state index contributed by atoms with van der Waals surface area (Å²) in [5.74, 6) is 0.347. The van der Waals surface area contributed by atoms with Gasteiger partial charge in [0.15, 0.2) is 0 Å². The Bertz CT molecular complexity index is 847. The highest BCUT2D eigenvalue weighted by atomic mass is 32.2. The number of hydrogen-bond donors (Lipinski definition) is 2. The second-order valence-electron chi connectivity index (χ2n) is 5.85. The summed E-state index contributed by atoms with van der Waals surface area (Å²) in [5, 5.41) is 7.93. The van der Waals surface area contributed by atoms with Gasteiger partial charge in [-0.05, 0) is 49.6 Å². The smallest absolute Gasteiger partial charge is 0.238 e. The third kappa shape index (κ3) is 6.19. The second kappa shape index (κ2) is 8.51. The Morgan fingerprint density at radius 3 is 2.40 bits per heavy atom. The predicted molar refractivity (Wildman–Crippen MR) is 101 cm³/mol. The van der Waals surface area contributed by atoms with Gasteiger partial charge in [-0.1, -0.05) is 29.8 Å². The van der Waals surface area contributed by atoms with E-state index in [4.69, 9.17) is 5.14 Å². The van der Waals surface area contributed by atoms with Crippen LogP contribution in [0.1, 0.15) is 16.7 Å². The summed E-state index contributed by atoms with van der Waals surface area (Å²) in [7, 11) is -3.67. The first-order valence-corrected chi connectivity index (χ1v) is 10.4. The first-order valence-electron chi connectivity index (χ1n) is 7.84. The average molecular weight is 379 g/mol. The minimum atomic E-state index is -3.67. The molecule has 0 unspecified atom stereocenters. The Morgan fingerprint density at radius 2 is 1.80 bits per heavy atom. The number of amides is 1. The molecule has 3 N–H and O–H groups in total. The molecule has 25 heavy (non-hydrogen) atoms. The van der Waals surface area contributed by atoms with Gasteiger partial charge in [0.1, 0.15) is 0 Å². The zero-order valence-electron chi connectivity index (χ0n) is 14.3. The molecule has 2 rings (SSSR count). The van der Waals surface area contributed by atoms with Gasteiger partial charge >= 0.3 is 0 Å². The van der Waals surface area contributed by atoms with Gasteiger partial charge in [0.2, 0.25) is 15.9 Å². The average Bonchev–Trinajstić information content (AvgIpc) is 2.53. The van der Waals surface area contributed by atoms with Crippen LogP contribution in [0.15, 0.2) is 52.3 Å². The van der Waals surface area contributed by atoms with Crippen LogP contribution >= 0.6 is 11.8 Å².